The number of rotatable bonds is 1. The first-order valence-corrected chi connectivity index (χ1v) is 3.63. The lowest BCUT2D eigenvalue weighted by Crippen LogP contribution is -2.28. The smallest absolute Gasteiger partial charge is 0.407 e. The topological polar surface area (TPSA) is 46.2 Å². The number of benzene rings is 1. The average Bonchev–Trinajstić information content (AvgIpc) is 2.06. The van der Waals surface area contributed by atoms with Crippen molar-refractivity contribution in [2.75, 3.05) is 0 Å². The number of phenols is 1. The van der Waals surface area contributed by atoms with E-state index in [-0.39, 0.29) is 12.4 Å². The Morgan fingerprint density at radius 1 is 1.27 bits per heavy atom. The highest BCUT2D eigenvalue weighted by molar-refractivity contribution is 5.85. The minimum Gasteiger partial charge on any atom is -0.508 e. The number of alkyl halides is 3. The third-order valence-corrected chi connectivity index (χ3v) is 1.68. The van der Waals surface area contributed by atoms with Gasteiger partial charge in [0.05, 0.1) is 0 Å². The summed E-state index contributed by atoms with van der Waals surface area (Å²) in [5.41, 5.74) is 4.12. The van der Waals surface area contributed by atoms with Crippen LogP contribution in [0, 0.1) is 5.82 Å². The number of halogens is 5. The van der Waals surface area contributed by atoms with E-state index < -0.39 is 29.3 Å². The Hall–Kier alpha value is -1.01. The van der Waals surface area contributed by atoms with Crippen LogP contribution in [0.1, 0.15) is 11.6 Å². The van der Waals surface area contributed by atoms with Crippen LogP contribution in [0.2, 0.25) is 0 Å². The number of aromatic hydroxyl groups is 1. The first-order chi connectivity index (χ1) is 6.32. The van der Waals surface area contributed by atoms with Crippen LogP contribution in [0.25, 0.3) is 0 Å². The summed E-state index contributed by atoms with van der Waals surface area (Å²) in [5, 5.41) is 9.02. The van der Waals surface area contributed by atoms with Crippen LogP contribution in [0.4, 0.5) is 17.6 Å². The molecule has 3 N–H and O–H groups in total. The maximum absolute atomic E-state index is 12.6. The molecular formula is C8H8ClF4NO. The van der Waals surface area contributed by atoms with Crippen molar-refractivity contribution in [3.05, 3.63) is 29.6 Å². The molecule has 1 aromatic carbocycles. The van der Waals surface area contributed by atoms with Gasteiger partial charge in [0.25, 0.3) is 0 Å². The zero-order valence-corrected chi connectivity index (χ0v) is 8.07. The van der Waals surface area contributed by atoms with Crippen LogP contribution >= 0.6 is 12.4 Å². The van der Waals surface area contributed by atoms with Gasteiger partial charge in [0.1, 0.15) is 17.6 Å². The van der Waals surface area contributed by atoms with Crippen molar-refractivity contribution in [1.29, 1.82) is 0 Å². The molecular weight excluding hydrogens is 238 g/mol. The molecule has 0 saturated heterocycles. The summed E-state index contributed by atoms with van der Waals surface area (Å²) >= 11 is 0. The molecule has 0 aromatic heterocycles. The van der Waals surface area contributed by atoms with Crippen LogP contribution in [0.15, 0.2) is 18.2 Å². The Morgan fingerprint density at radius 3 is 2.27 bits per heavy atom. The quantitative estimate of drug-likeness (QED) is 0.747. The van der Waals surface area contributed by atoms with E-state index in [4.69, 9.17) is 10.8 Å². The van der Waals surface area contributed by atoms with Gasteiger partial charge in [0, 0.05) is 5.56 Å². The van der Waals surface area contributed by atoms with Crippen molar-refractivity contribution in [3.8, 4) is 5.75 Å². The van der Waals surface area contributed by atoms with Crippen LogP contribution in [0.5, 0.6) is 5.75 Å². The molecule has 0 fully saturated rings. The number of hydrogen-bond acceptors (Lipinski definition) is 2. The fourth-order valence-corrected chi connectivity index (χ4v) is 0.951. The van der Waals surface area contributed by atoms with Gasteiger partial charge < -0.3 is 10.8 Å². The fourth-order valence-electron chi connectivity index (χ4n) is 0.951. The van der Waals surface area contributed by atoms with E-state index in [2.05, 4.69) is 0 Å². The summed E-state index contributed by atoms with van der Waals surface area (Å²) in [7, 11) is 0. The van der Waals surface area contributed by atoms with E-state index in [1.807, 2.05) is 0 Å². The summed E-state index contributed by atoms with van der Waals surface area (Å²) in [6.45, 7) is 0. The molecule has 0 aliphatic rings. The van der Waals surface area contributed by atoms with Crippen molar-refractivity contribution in [3.63, 3.8) is 0 Å². The van der Waals surface area contributed by atoms with E-state index in [1.165, 1.54) is 0 Å². The van der Waals surface area contributed by atoms with E-state index >= 15 is 0 Å². The molecule has 0 aliphatic carbocycles. The molecule has 1 atom stereocenters. The second-order valence-electron chi connectivity index (χ2n) is 2.72. The zero-order chi connectivity index (χ0) is 10.9. The summed E-state index contributed by atoms with van der Waals surface area (Å²) in [4.78, 5) is 0. The predicted octanol–water partition coefficient (Wildman–Crippen LogP) is 2.52. The molecule has 0 saturated carbocycles. The SMILES string of the molecule is Cl.N[C@@H](c1cc(F)ccc1O)C(F)(F)F. The van der Waals surface area contributed by atoms with Gasteiger partial charge in [-0.2, -0.15) is 13.2 Å². The molecule has 1 aromatic rings. The summed E-state index contributed by atoms with van der Waals surface area (Å²) in [6, 6.07) is -0.135. The average molecular weight is 246 g/mol. The largest absolute Gasteiger partial charge is 0.508 e. The van der Waals surface area contributed by atoms with Crippen molar-refractivity contribution in [2.45, 2.75) is 12.2 Å². The van der Waals surface area contributed by atoms with Crippen molar-refractivity contribution in [2.24, 2.45) is 5.73 Å². The minimum absolute atomic E-state index is 0. The number of phenolic OH excluding ortho intramolecular Hbond substituents is 1. The summed E-state index contributed by atoms with van der Waals surface area (Å²) in [6.07, 6.45) is -4.70. The van der Waals surface area contributed by atoms with Gasteiger partial charge in [0.15, 0.2) is 0 Å². The second kappa shape index (κ2) is 4.67. The van der Waals surface area contributed by atoms with Gasteiger partial charge in [0.2, 0.25) is 0 Å². The van der Waals surface area contributed by atoms with Gasteiger partial charge in [-0.3, -0.25) is 0 Å². The van der Waals surface area contributed by atoms with Crippen LogP contribution in [-0.2, 0) is 0 Å². The van der Waals surface area contributed by atoms with Gasteiger partial charge >= 0.3 is 6.18 Å². The van der Waals surface area contributed by atoms with Crippen molar-refractivity contribution >= 4 is 12.4 Å². The molecule has 0 spiro atoms. The number of nitrogens with two attached hydrogens (primary N) is 1. The summed E-state index contributed by atoms with van der Waals surface area (Å²) in [5.74, 6) is -1.55. The molecule has 0 unspecified atom stereocenters. The number of hydrogen-bond donors (Lipinski definition) is 2. The highest BCUT2D eigenvalue weighted by Gasteiger charge is 2.39. The Bertz CT molecular complexity index is 342. The Labute approximate surface area is 89.1 Å². The van der Waals surface area contributed by atoms with E-state index in [0.29, 0.717) is 6.07 Å². The molecule has 0 bridgehead atoms. The van der Waals surface area contributed by atoms with Crippen LogP contribution < -0.4 is 5.73 Å². The monoisotopic (exact) mass is 245 g/mol. The van der Waals surface area contributed by atoms with Gasteiger partial charge in [-0.15, -0.1) is 12.4 Å². The molecule has 0 aliphatic heterocycles. The van der Waals surface area contributed by atoms with E-state index in [1.54, 1.807) is 0 Å². The fraction of sp³-hybridized carbons (Fsp3) is 0.250. The Morgan fingerprint density at radius 2 is 1.80 bits per heavy atom. The van der Waals surface area contributed by atoms with Crippen LogP contribution in [-0.4, -0.2) is 11.3 Å². The highest BCUT2D eigenvalue weighted by Crippen LogP contribution is 2.34. The first kappa shape index (κ1) is 14.0. The third-order valence-electron chi connectivity index (χ3n) is 1.68. The van der Waals surface area contributed by atoms with Crippen molar-refractivity contribution in [1.82, 2.24) is 0 Å². The Balaban J connectivity index is 0.00000196. The molecule has 15 heavy (non-hydrogen) atoms. The molecule has 0 heterocycles. The third kappa shape index (κ3) is 3.24. The lowest BCUT2D eigenvalue weighted by molar-refractivity contribution is -0.149. The lowest BCUT2D eigenvalue weighted by atomic mass is 10.1. The molecule has 86 valence electrons. The first-order valence-electron chi connectivity index (χ1n) is 3.63. The zero-order valence-electron chi connectivity index (χ0n) is 7.25. The molecule has 0 amide bonds. The highest BCUT2D eigenvalue weighted by atomic mass is 35.5. The molecule has 0 radical (unpaired) electrons. The van der Waals surface area contributed by atoms with Crippen LogP contribution in [0.3, 0.4) is 0 Å². The summed E-state index contributed by atoms with van der Waals surface area (Å²) < 4.78 is 48.8. The lowest BCUT2D eigenvalue weighted by Gasteiger charge is -2.16. The van der Waals surface area contributed by atoms with Gasteiger partial charge in [-0.25, -0.2) is 4.39 Å². The maximum Gasteiger partial charge on any atom is 0.407 e. The molecule has 1 rings (SSSR count). The second-order valence-corrected chi connectivity index (χ2v) is 2.72. The molecule has 2 nitrogen and oxygen atoms in total. The van der Waals surface area contributed by atoms with Gasteiger partial charge in [-0.05, 0) is 18.2 Å². The van der Waals surface area contributed by atoms with Gasteiger partial charge in [-0.1, -0.05) is 0 Å². The standard InChI is InChI=1S/C8H7F4NO.ClH/c9-4-1-2-6(14)5(3-4)7(13)8(10,11)12;/h1-3,7,14H,13H2;1H/t7-;/m0./s1. The minimum atomic E-state index is -4.70. The van der Waals surface area contributed by atoms with E-state index in [0.717, 1.165) is 12.1 Å². The predicted molar refractivity (Wildman–Crippen MR) is 48.3 cm³/mol. The Kier molecular flexibility index (Phi) is 4.36. The molecule has 7 heteroatoms. The maximum atomic E-state index is 12.6. The normalized spacial score (nSPS) is 13.1. The van der Waals surface area contributed by atoms with Crippen molar-refractivity contribution < 1.29 is 22.7 Å². The van der Waals surface area contributed by atoms with E-state index in [9.17, 15) is 17.6 Å².